The summed E-state index contributed by atoms with van der Waals surface area (Å²) in [6, 6.07) is 89.8. The van der Waals surface area contributed by atoms with Crippen LogP contribution in [0.5, 0.6) is 0 Å². The van der Waals surface area contributed by atoms with Crippen molar-refractivity contribution in [3.05, 3.63) is 271 Å². The van der Waals surface area contributed by atoms with E-state index in [9.17, 15) is 0 Å². The molecule has 63 heavy (non-hydrogen) atoms. The zero-order valence-electron chi connectivity index (χ0n) is 34.5. The molecular formula is C61H41NO. The van der Waals surface area contributed by atoms with E-state index in [1.807, 2.05) is 0 Å². The number of nitrogens with zero attached hydrogens (tertiary/aromatic N) is 1. The van der Waals surface area contributed by atoms with Gasteiger partial charge in [0.2, 0.25) is 0 Å². The van der Waals surface area contributed by atoms with Gasteiger partial charge >= 0.3 is 0 Å². The lowest BCUT2D eigenvalue weighted by molar-refractivity contribution is 0.666. The molecule has 0 aliphatic heterocycles. The topological polar surface area (TPSA) is 16.4 Å². The van der Waals surface area contributed by atoms with Crippen LogP contribution in [0.15, 0.2) is 253 Å². The number of benzene rings is 10. The average Bonchev–Trinajstić information content (AvgIpc) is 3.87. The summed E-state index contributed by atoms with van der Waals surface area (Å²) in [6.45, 7) is 0. The fraction of sp³-hybridized carbons (Fsp3) is 0.0164. The van der Waals surface area contributed by atoms with Crippen LogP contribution in [0.25, 0.3) is 66.4 Å². The van der Waals surface area contributed by atoms with Gasteiger partial charge in [-0.3, -0.25) is 0 Å². The van der Waals surface area contributed by atoms with E-state index in [0.29, 0.717) is 0 Å². The Balaban J connectivity index is 0.930. The first-order valence-corrected chi connectivity index (χ1v) is 21.7. The molecule has 1 aromatic heterocycles. The third-order valence-electron chi connectivity index (χ3n) is 13.0. The van der Waals surface area contributed by atoms with E-state index in [0.717, 1.165) is 50.1 Å². The lowest BCUT2D eigenvalue weighted by Crippen LogP contribution is -2.28. The number of furan rings is 1. The zero-order valence-corrected chi connectivity index (χ0v) is 34.5. The van der Waals surface area contributed by atoms with Gasteiger partial charge in [-0.15, -0.1) is 0 Å². The van der Waals surface area contributed by atoms with Crippen molar-refractivity contribution in [2.75, 3.05) is 4.90 Å². The lowest BCUT2D eigenvalue weighted by atomic mass is 9.67. The van der Waals surface area contributed by atoms with Gasteiger partial charge in [0.15, 0.2) is 0 Å². The molecule has 2 heteroatoms. The van der Waals surface area contributed by atoms with Gasteiger partial charge in [0.05, 0.1) is 5.41 Å². The van der Waals surface area contributed by atoms with Crippen molar-refractivity contribution >= 4 is 39.0 Å². The number of anilines is 3. The predicted molar refractivity (Wildman–Crippen MR) is 262 cm³/mol. The number of hydrogen-bond acceptors (Lipinski definition) is 2. The SMILES string of the molecule is c1ccc(-c2ccc(N(c3ccc(-c4ccccc4)cc3)c3ccc(-c4ccc5c(c4)oc4cc6c(cc45)-c4ccccc4C6(c4ccccc4)c4ccccc4)cc3)cc2)cc1. The summed E-state index contributed by atoms with van der Waals surface area (Å²) in [5.74, 6) is 0. The second-order valence-corrected chi connectivity index (χ2v) is 16.4. The minimum absolute atomic E-state index is 0.476. The molecule has 0 fully saturated rings. The van der Waals surface area contributed by atoms with Crippen LogP contribution in [0.1, 0.15) is 22.3 Å². The van der Waals surface area contributed by atoms with Crippen LogP contribution < -0.4 is 4.90 Å². The minimum atomic E-state index is -0.476. The molecule has 1 aliphatic rings. The maximum atomic E-state index is 6.86. The molecule has 0 spiro atoms. The van der Waals surface area contributed by atoms with Crippen LogP contribution in [0.4, 0.5) is 17.1 Å². The van der Waals surface area contributed by atoms with E-state index in [2.05, 4.69) is 254 Å². The Kier molecular flexibility index (Phi) is 8.76. The third kappa shape index (κ3) is 6.10. The maximum absolute atomic E-state index is 6.86. The van der Waals surface area contributed by atoms with Crippen molar-refractivity contribution in [1.29, 1.82) is 0 Å². The summed E-state index contributed by atoms with van der Waals surface area (Å²) in [7, 11) is 0. The Morgan fingerprint density at radius 2 is 0.698 bits per heavy atom. The first-order valence-electron chi connectivity index (χ1n) is 21.7. The third-order valence-corrected chi connectivity index (χ3v) is 13.0. The monoisotopic (exact) mass is 803 g/mol. The quantitative estimate of drug-likeness (QED) is 0.152. The van der Waals surface area contributed by atoms with E-state index in [1.165, 1.54) is 55.6 Å². The molecule has 11 aromatic rings. The highest BCUT2D eigenvalue weighted by Gasteiger charge is 2.46. The molecule has 0 amide bonds. The molecule has 0 radical (unpaired) electrons. The highest BCUT2D eigenvalue weighted by atomic mass is 16.3. The first kappa shape index (κ1) is 36.6. The van der Waals surface area contributed by atoms with Crippen LogP contribution >= 0.6 is 0 Å². The average molecular weight is 804 g/mol. The molecule has 0 N–H and O–H groups in total. The Labute approximate surface area is 367 Å². The molecule has 12 rings (SSSR count). The first-order chi connectivity index (χ1) is 31.2. The molecular weight excluding hydrogens is 763 g/mol. The van der Waals surface area contributed by atoms with E-state index in [-0.39, 0.29) is 0 Å². The predicted octanol–water partition coefficient (Wildman–Crippen LogP) is 16.4. The summed E-state index contributed by atoms with van der Waals surface area (Å²) < 4.78 is 6.86. The van der Waals surface area contributed by atoms with Crippen molar-refractivity contribution in [1.82, 2.24) is 0 Å². The van der Waals surface area contributed by atoms with Crippen molar-refractivity contribution in [2.24, 2.45) is 0 Å². The van der Waals surface area contributed by atoms with E-state index in [1.54, 1.807) is 0 Å². The van der Waals surface area contributed by atoms with Crippen LogP contribution in [-0.4, -0.2) is 0 Å². The zero-order chi connectivity index (χ0) is 41.7. The van der Waals surface area contributed by atoms with Crippen molar-refractivity contribution in [3.8, 4) is 44.5 Å². The number of fused-ring (bicyclic) bond motifs is 6. The van der Waals surface area contributed by atoms with Gasteiger partial charge in [-0.2, -0.15) is 0 Å². The van der Waals surface area contributed by atoms with Crippen LogP contribution in [0, 0.1) is 0 Å². The molecule has 10 aromatic carbocycles. The summed E-state index contributed by atoms with van der Waals surface area (Å²) in [4.78, 5) is 2.33. The molecule has 0 bridgehead atoms. The molecule has 0 atom stereocenters. The fourth-order valence-electron chi connectivity index (χ4n) is 10.0. The van der Waals surface area contributed by atoms with Gasteiger partial charge in [0.25, 0.3) is 0 Å². The normalized spacial score (nSPS) is 12.6. The van der Waals surface area contributed by atoms with Crippen molar-refractivity contribution < 1.29 is 4.42 Å². The van der Waals surface area contributed by atoms with Gasteiger partial charge in [-0.25, -0.2) is 0 Å². The van der Waals surface area contributed by atoms with Gasteiger partial charge in [0.1, 0.15) is 11.2 Å². The maximum Gasteiger partial charge on any atom is 0.136 e. The lowest BCUT2D eigenvalue weighted by Gasteiger charge is -2.33. The standard InChI is InChI=1S/C61H41NO/c1-5-15-42(16-6-1)44-25-32-50(33-26-44)62(51-34-27-45(28-35-51)43-17-7-2-8-18-43)52-36-29-46(30-37-52)47-31-38-54-56-40-55-53-23-13-14-24-57(53)61(48-19-9-3-10-20-48,49-21-11-4-12-22-49)58(55)41-60(56)63-59(54)39-47/h1-41H. The molecule has 1 heterocycles. The molecule has 0 saturated heterocycles. The highest BCUT2D eigenvalue weighted by Crippen LogP contribution is 2.57. The second-order valence-electron chi connectivity index (χ2n) is 16.4. The highest BCUT2D eigenvalue weighted by molar-refractivity contribution is 6.09. The Morgan fingerprint density at radius 1 is 0.286 bits per heavy atom. The van der Waals surface area contributed by atoms with E-state index >= 15 is 0 Å². The van der Waals surface area contributed by atoms with E-state index < -0.39 is 5.41 Å². The summed E-state index contributed by atoms with van der Waals surface area (Å²) in [6.07, 6.45) is 0. The van der Waals surface area contributed by atoms with Crippen LogP contribution in [0.3, 0.4) is 0 Å². The summed E-state index contributed by atoms with van der Waals surface area (Å²) in [5, 5.41) is 2.25. The van der Waals surface area contributed by atoms with Gasteiger partial charge in [-0.1, -0.05) is 188 Å². The summed E-state index contributed by atoms with van der Waals surface area (Å²) in [5.41, 5.74) is 19.2. The molecule has 2 nitrogen and oxygen atoms in total. The Morgan fingerprint density at radius 3 is 1.22 bits per heavy atom. The van der Waals surface area contributed by atoms with Crippen molar-refractivity contribution in [3.63, 3.8) is 0 Å². The van der Waals surface area contributed by atoms with E-state index in [4.69, 9.17) is 4.42 Å². The molecule has 0 unspecified atom stereocenters. The smallest absolute Gasteiger partial charge is 0.136 e. The Hall–Kier alpha value is -8.20. The number of hydrogen-bond donors (Lipinski definition) is 0. The minimum Gasteiger partial charge on any atom is -0.456 e. The second kappa shape index (κ2) is 15.1. The molecule has 0 saturated carbocycles. The summed E-state index contributed by atoms with van der Waals surface area (Å²) >= 11 is 0. The van der Waals surface area contributed by atoms with Crippen molar-refractivity contribution in [2.45, 2.75) is 5.41 Å². The van der Waals surface area contributed by atoms with Gasteiger partial charge in [0, 0.05) is 27.8 Å². The molecule has 296 valence electrons. The van der Waals surface area contributed by atoms with Gasteiger partial charge in [-0.05, 0) is 127 Å². The fourth-order valence-corrected chi connectivity index (χ4v) is 10.0. The van der Waals surface area contributed by atoms with Gasteiger partial charge < -0.3 is 9.32 Å². The largest absolute Gasteiger partial charge is 0.456 e. The Bertz CT molecular complexity index is 3270. The molecule has 1 aliphatic carbocycles. The van der Waals surface area contributed by atoms with Crippen LogP contribution in [-0.2, 0) is 5.41 Å². The van der Waals surface area contributed by atoms with Crippen LogP contribution in [0.2, 0.25) is 0 Å². The number of rotatable bonds is 8.